The maximum absolute atomic E-state index is 11.0. The SMILES string of the molecule is COc1ccc(N)cc1C(C)=O.CS. The van der Waals surface area contributed by atoms with Gasteiger partial charge in [0.05, 0.1) is 12.7 Å². The van der Waals surface area contributed by atoms with E-state index in [1.807, 2.05) is 0 Å². The Morgan fingerprint density at radius 1 is 1.43 bits per heavy atom. The van der Waals surface area contributed by atoms with Crippen LogP contribution in [0.1, 0.15) is 17.3 Å². The zero-order valence-electron chi connectivity index (χ0n) is 8.57. The van der Waals surface area contributed by atoms with E-state index in [4.69, 9.17) is 10.5 Å². The molecule has 0 fully saturated rings. The van der Waals surface area contributed by atoms with Crippen LogP contribution in [-0.2, 0) is 0 Å². The number of hydrogen-bond donors (Lipinski definition) is 2. The minimum atomic E-state index is -0.0425. The number of anilines is 1. The number of ketones is 1. The Morgan fingerprint density at radius 3 is 2.43 bits per heavy atom. The Bertz CT molecular complexity index is 313. The molecule has 0 atom stereocenters. The van der Waals surface area contributed by atoms with E-state index < -0.39 is 0 Å². The second kappa shape index (κ2) is 6.32. The first-order valence-corrected chi connectivity index (χ1v) is 4.93. The van der Waals surface area contributed by atoms with Crippen LogP contribution < -0.4 is 10.5 Å². The molecule has 0 aliphatic carbocycles. The first kappa shape index (κ1) is 12.8. The molecular formula is C10H15NO2S. The molecule has 0 bridgehead atoms. The van der Waals surface area contributed by atoms with E-state index in [0.717, 1.165) is 0 Å². The second-order valence-electron chi connectivity index (χ2n) is 2.52. The van der Waals surface area contributed by atoms with Gasteiger partial charge in [-0.25, -0.2) is 0 Å². The lowest BCUT2D eigenvalue weighted by molar-refractivity contribution is 0.101. The standard InChI is InChI=1S/C9H11NO2.CH4S/c1-6(11)8-5-7(10)3-4-9(8)12-2;1-2/h3-5H,10H2,1-2H3;2H,1H3. The largest absolute Gasteiger partial charge is 0.496 e. The topological polar surface area (TPSA) is 52.3 Å². The molecule has 0 amide bonds. The number of carbonyl (C=O) groups excluding carboxylic acids is 1. The van der Waals surface area contributed by atoms with Crippen molar-refractivity contribution < 1.29 is 9.53 Å². The summed E-state index contributed by atoms with van der Waals surface area (Å²) in [7, 11) is 1.53. The number of carbonyl (C=O) groups is 1. The van der Waals surface area contributed by atoms with Crippen LogP contribution in [0.4, 0.5) is 5.69 Å². The minimum absolute atomic E-state index is 0.0425. The average molecular weight is 213 g/mol. The third kappa shape index (κ3) is 3.30. The summed E-state index contributed by atoms with van der Waals surface area (Å²) < 4.78 is 4.99. The van der Waals surface area contributed by atoms with Crippen molar-refractivity contribution in [3.8, 4) is 5.75 Å². The third-order valence-electron chi connectivity index (χ3n) is 1.60. The molecule has 1 rings (SSSR count). The van der Waals surface area contributed by atoms with Crippen LogP contribution in [-0.4, -0.2) is 19.1 Å². The molecule has 0 radical (unpaired) electrons. The van der Waals surface area contributed by atoms with Gasteiger partial charge < -0.3 is 10.5 Å². The molecule has 0 unspecified atom stereocenters. The molecule has 4 heteroatoms. The second-order valence-corrected chi connectivity index (χ2v) is 2.52. The molecule has 0 saturated heterocycles. The van der Waals surface area contributed by atoms with Gasteiger partial charge in [0.25, 0.3) is 0 Å². The van der Waals surface area contributed by atoms with Crippen molar-refractivity contribution >= 4 is 24.1 Å². The van der Waals surface area contributed by atoms with Gasteiger partial charge in [-0.3, -0.25) is 4.79 Å². The molecule has 0 spiro atoms. The van der Waals surface area contributed by atoms with E-state index in [-0.39, 0.29) is 5.78 Å². The van der Waals surface area contributed by atoms with Crippen molar-refractivity contribution in [1.29, 1.82) is 0 Å². The highest BCUT2D eigenvalue weighted by Gasteiger charge is 2.06. The number of methoxy groups -OCH3 is 1. The molecule has 78 valence electrons. The van der Waals surface area contributed by atoms with Gasteiger partial charge in [-0.1, -0.05) is 0 Å². The Labute approximate surface area is 89.7 Å². The first-order chi connectivity index (χ1) is 6.65. The van der Waals surface area contributed by atoms with Gasteiger partial charge in [0, 0.05) is 5.69 Å². The Morgan fingerprint density at radius 2 is 2.00 bits per heavy atom. The number of thiol groups is 1. The van der Waals surface area contributed by atoms with E-state index in [2.05, 4.69) is 12.6 Å². The number of nitrogens with two attached hydrogens (primary N) is 1. The summed E-state index contributed by atoms with van der Waals surface area (Å²) in [5.41, 5.74) is 6.61. The van der Waals surface area contributed by atoms with Crippen molar-refractivity contribution in [3.63, 3.8) is 0 Å². The highest BCUT2D eigenvalue weighted by atomic mass is 32.1. The number of ether oxygens (including phenoxy) is 1. The highest BCUT2D eigenvalue weighted by Crippen LogP contribution is 2.20. The zero-order chi connectivity index (χ0) is 11.1. The fraction of sp³-hybridized carbons (Fsp3) is 0.300. The van der Waals surface area contributed by atoms with E-state index >= 15 is 0 Å². The van der Waals surface area contributed by atoms with E-state index in [0.29, 0.717) is 17.0 Å². The Kier molecular flexibility index (Phi) is 5.79. The summed E-state index contributed by atoms with van der Waals surface area (Å²) in [5.74, 6) is 0.524. The number of nitrogen functional groups attached to an aromatic ring is 1. The van der Waals surface area contributed by atoms with E-state index in [1.165, 1.54) is 14.0 Å². The Hall–Kier alpha value is -1.16. The number of Topliss-reactive ketones (excluding diaryl/α,β-unsaturated/α-hetero) is 1. The molecule has 1 aromatic rings. The minimum Gasteiger partial charge on any atom is -0.496 e. The number of hydrogen-bond acceptors (Lipinski definition) is 4. The molecule has 1 aromatic carbocycles. The third-order valence-corrected chi connectivity index (χ3v) is 1.60. The summed E-state index contributed by atoms with van der Waals surface area (Å²) >= 11 is 3.53. The van der Waals surface area contributed by atoms with Gasteiger partial charge in [-0.2, -0.15) is 12.6 Å². The quantitative estimate of drug-likeness (QED) is 0.449. The van der Waals surface area contributed by atoms with E-state index in [1.54, 1.807) is 24.5 Å². The summed E-state index contributed by atoms with van der Waals surface area (Å²) in [6.45, 7) is 1.48. The predicted molar refractivity (Wildman–Crippen MR) is 62.3 cm³/mol. The summed E-state index contributed by atoms with van der Waals surface area (Å²) in [5, 5.41) is 0. The van der Waals surface area contributed by atoms with Crippen molar-refractivity contribution in [2.24, 2.45) is 0 Å². The zero-order valence-corrected chi connectivity index (χ0v) is 9.47. The van der Waals surface area contributed by atoms with Gasteiger partial charge in [-0.15, -0.1) is 0 Å². The lowest BCUT2D eigenvalue weighted by atomic mass is 10.1. The maximum Gasteiger partial charge on any atom is 0.163 e. The molecule has 0 aliphatic rings. The number of rotatable bonds is 2. The summed E-state index contributed by atoms with van der Waals surface area (Å²) in [6, 6.07) is 5.00. The summed E-state index contributed by atoms with van der Waals surface area (Å²) in [6.07, 6.45) is 1.69. The smallest absolute Gasteiger partial charge is 0.163 e. The van der Waals surface area contributed by atoms with Crippen LogP contribution in [0.15, 0.2) is 18.2 Å². The fourth-order valence-corrected chi connectivity index (χ4v) is 1.00. The maximum atomic E-state index is 11.0. The monoisotopic (exact) mass is 213 g/mol. The lowest BCUT2D eigenvalue weighted by Crippen LogP contribution is -1.98. The van der Waals surface area contributed by atoms with Crippen molar-refractivity contribution in [2.75, 3.05) is 19.1 Å². The molecule has 0 heterocycles. The molecular weight excluding hydrogens is 198 g/mol. The molecule has 3 nitrogen and oxygen atoms in total. The molecule has 14 heavy (non-hydrogen) atoms. The Balaban J connectivity index is 0.000000791. The van der Waals surface area contributed by atoms with Crippen molar-refractivity contribution in [2.45, 2.75) is 6.92 Å². The van der Waals surface area contributed by atoms with Crippen LogP contribution in [0.3, 0.4) is 0 Å². The normalized spacial score (nSPS) is 8.57. The summed E-state index contributed by atoms with van der Waals surface area (Å²) in [4.78, 5) is 11.0. The van der Waals surface area contributed by atoms with Crippen molar-refractivity contribution in [1.82, 2.24) is 0 Å². The van der Waals surface area contributed by atoms with Crippen LogP contribution in [0.5, 0.6) is 5.75 Å². The van der Waals surface area contributed by atoms with Crippen LogP contribution in [0, 0.1) is 0 Å². The number of benzene rings is 1. The first-order valence-electron chi connectivity index (χ1n) is 4.04. The van der Waals surface area contributed by atoms with Crippen LogP contribution >= 0.6 is 12.6 Å². The molecule has 0 aromatic heterocycles. The van der Waals surface area contributed by atoms with Gasteiger partial charge in [-0.05, 0) is 31.4 Å². The van der Waals surface area contributed by atoms with Crippen molar-refractivity contribution in [3.05, 3.63) is 23.8 Å². The molecule has 0 saturated carbocycles. The molecule has 2 N–H and O–H groups in total. The van der Waals surface area contributed by atoms with Gasteiger partial charge in [0.1, 0.15) is 5.75 Å². The lowest BCUT2D eigenvalue weighted by Gasteiger charge is -2.05. The van der Waals surface area contributed by atoms with Gasteiger partial charge >= 0.3 is 0 Å². The highest BCUT2D eigenvalue weighted by molar-refractivity contribution is 7.79. The van der Waals surface area contributed by atoms with Crippen LogP contribution in [0.2, 0.25) is 0 Å². The fourth-order valence-electron chi connectivity index (χ4n) is 1.00. The van der Waals surface area contributed by atoms with E-state index in [9.17, 15) is 4.79 Å². The molecule has 0 aliphatic heterocycles. The van der Waals surface area contributed by atoms with Crippen LogP contribution in [0.25, 0.3) is 0 Å². The van der Waals surface area contributed by atoms with Gasteiger partial charge in [0.2, 0.25) is 0 Å². The predicted octanol–water partition coefficient (Wildman–Crippen LogP) is 2.03. The average Bonchev–Trinajstić information content (AvgIpc) is 2.20. The van der Waals surface area contributed by atoms with Gasteiger partial charge in [0.15, 0.2) is 5.78 Å².